The highest BCUT2D eigenvalue weighted by molar-refractivity contribution is 5.82. The molecule has 1 spiro atoms. The van der Waals surface area contributed by atoms with Crippen LogP contribution in [0.5, 0.6) is 5.75 Å². The zero-order chi connectivity index (χ0) is 23.4. The third-order valence-corrected chi connectivity index (χ3v) is 8.60. The second kappa shape index (κ2) is 10.1. The van der Waals surface area contributed by atoms with E-state index in [-0.39, 0.29) is 29.3 Å². The summed E-state index contributed by atoms with van der Waals surface area (Å²) in [7, 11) is 0. The Morgan fingerprint density at radius 3 is 2.38 bits per heavy atom. The second-order valence-corrected chi connectivity index (χ2v) is 10.7. The van der Waals surface area contributed by atoms with Crippen LogP contribution in [0, 0.1) is 11.3 Å². The summed E-state index contributed by atoms with van der Waals surface area (Å²) >= 11 is 0. The van der Waals surface area contributed by atoms with Crippen LogP contribution in [-0.4, -0.2) is 48.8 Å². The van der Waals surface area contributed by atoms with E-state index in [1.54, 1.807) is 0 Å². The normalized spacial score (nSPS) is 23.0. The molecule has 2 N–H and O–H groups in total. The Hall–Kier alpha value is -2.37. The Labute approximate surface area is 203 Å². The molecule has 3 aliphatic rings. The first kappa shape index (κ1) is 23.4. The molecule has 1 atom stereocenters. The van der Waals surface area contributed by atoms with Gasteiger partial charge in [-0.1, -0.05) is 55.3 Å². The topological polar surface area (TPSA) is 61.8 Å². The van der Waals surface area contributed by atoms with Crippen LogP contribution in [0.3, 0.4) is 0 Å². The maximum Gasteiger partial charge on any atom is 0.223 e. The zero-order valence-corrected chi connectivity index (χ0v) is 20.2. The summed E-state index contributed by atoms with van der Waals surface area (Å²) in [5.41, 5.74) is 3.03. The minimum absolute atomic E-state index is 0.0319. The molecule has 2 aliphatic carbocycles. The molecule has 0 radical (unpaired) electrons. The lowest BCUT2D eigenvalue weighted by molar-refractivity contribution is -0.123. The molecule has 182 valence electrons. The van der Waals surface area contributed by atoms with Crippen LogP contribution in [0.1, 0.15) is 56.1 Å². The first-order valence-corrected chi connectivity index (χ1v) is 13.0. The number of amides is 1. The molecule has 34 heavy (non-hydrogen) atoms. The highest BCUT2D eigenvalue weighted by Crippen LogP contribution is 2.59. The van der Waals surface area contributed by atoms with Crippen LogP contribution < -0.4 is 10.1 Å². The molecule has 0 aromatic heterocycles. The van der Waals surface area contributed by atoms with Crippen molar-refractivity contribution in [3.63, 3.8) is 0 Å². The third-order valence-electron chi connectivity index (χ3n) is 8.60. The molecule has 1 aliphatic heterocycles. The smallest absolute Gasteiger partial charge is 0.223 e. The van der Waals surface area contributed by atoms with E-state index in [9.17, 15) is 4.79 Å². The maximum atomic E-state index is 13.1. The predicted octanol–water partition coefficient (Wildman–Crippen LogP) is 4.29. The molecule has 1 amide bonds. The number of piperidine rings is 1. The van der Waals surface area contributed by atoms with Crippen molar-refractivity contribution < 1.29 is 14.6 Å². The van der Waals surface area contributed by atoms with Crippen molar-refractivity contribution in [3.05, 3.63) is 65.7 Å². The fraction of sp³-hybridized carbons (Fsp3) is 0.552. The highest BCUT2D eigenvalue weighted by Gasteiger charge is 2.58. The summed E-state index contributed by atoms with van der Waals surface area (Å²) in [5, 5.41) is 12.3. The fourth-order valence-corrected chi connectivity index (χ4v) is 6.33. The van der Waals surface area contributed by atoms with Crippen LogP contribution in [0.4, 0.5) is 0 Å². The summed E-state index contributed by atoms with van der Waals surface area (Å²) < 4.78 is 5.45. The number of nitrogens with one attached hydrogen (secondary N) is 1. The summed E-state index contributed by atoms with van der Waals surface area (Å²) in [6.07, 6.45) is 8.16. The van der Waals surface area contributed by atoms with Gasteiger partial charge in [0.05, 0.1) is 6.61 Å². The van der Waals surface area contributed by atoms with Gasteiger partial charge in [-0.15, -0.1) is 0 Å². The molecular weight excluding hydrogens is 424 g/mol. The standard InChI is InChI=1S/C29H38N2O3/c32-18-19-34-25-10-8-23(9-11-25)21-31-16-14-28(15-17-31)20-26(28)27(33)30-22-29(12-4-5-13-29)24-6-2-1-3-7-24/h1-3,6-11,26,32H,4-5,12-22H2,(H,30,33)/t26-/m1/s1. The van der Waals surface area contributed by atoms with Crippen molar-refractivity contribution in [2.45, 2.75) is 56.9 Å². The summed E-state index contributed by atoms with van der Waals surface area (Å²) in [6, 6.07) is 19.0. The van der Waals surface area contributed by atoms with Crippen molar-refractivity contribution >= 4 is 5.91 Å². The molecule has 5 rings (SSSR count). The van der Waals surface area contributed by atoms with Crippen LogP contribution in [0.2, 0.25) is 0 Å². The van der Waals surface area contributed by atoms with Gasteiger partial charge < -0.3 is 15.2 Å². The molecule has 2 aromatic carbocycles. The van der Waals surface area contributed by atoms with Gasteiger partial charge in [-0.2, -0.15) is 0 Å². The van der Waals surface area contributed by atoms with E-state index in [0.29, 0.717) is 6.61 Å². The predicted molar refractivity (Wildman–Crippen MR) is 134 cm³/mol. The molecule has 2 aromatic rings. The number of carbonyl (C=O) groups is 1. The largest absolute Gasteiger partial charge is 0.491 e. The number of nitrogens with zero attached hydrogens (tertiary/aromatic N) is 1. The lowest BCUT2D eigenvalue weighted by atomic mass is 9.78. The lowest BCUT2D eigenvalue weighted by Crippen LogP contribution is -2.41. The average Bonchev–Trinajstić information content (AvgIpc) is 3.36. The van der Waals surface area contributed by atoms with Crippen molar-refractivity contribution in [2.24, 2.45) is 11.3 Å². The van der Waals surface area contributed by atoms with Gasteiger partial charge in [-0.3, -0.25) is 9.69 Å². The molecule has 5 nitrogen and oxygen atoms in total. The van der Waals surface area contributed by atoms with Gasteiger partial charge in [-0.25, -0.2) is 0 Å². The Morgan fingerprint density at radius 1 is 1.00 bits per heavy atom. The number of rotatable bonds is 9. The van der Waals surface area contributed by atoms with E-state index < -0.39 is 0 Å². The van der Waals surface area contributed by atoms with Gasteiger partial charge in [0.2, 0.25) is 5.91 Å². The van der Waals surface area contributed by atoms with Gasteiger partial charge in [0.15, 0.2) is 0 Å². The number of aliphatic hydroxyl groups is 1. The van der Waals surface area contributed by atoms with Crippen molar-refractivity contribution in [2.75, 3.05) is 32.8 Å². The Morgan fingerprint density at radius 2 is 1.71 bits per heavy atom. The Kier molecular flexibility index (Phi) is 6.94. The van der Waals surface area contributed by atoms with Crippen LogP contribution >= 0.6 is 0 Å². The summed E-state index contributed by atoms with van der Waals surface area (Å²) in [6.45, 7) is 4.19. The van der Waals surface area contributed by atoms with Crippen LogP contribution in [-0.2, 0) is 16.8 Å². The van der Waals surface area contributed by atoms with E-state index >= 15 is 0 Å². The number of hydrogen-bond acceptors (Lipinski definition) is 4. The Balaban J connectivity index is 1.10. The number of benzene rings is 2. The zero-order valence-electron chi connectivity index (χ0n) is 20.2. The number of likely N-dealkylation sites (tertiary alicyclic amines) is 1. The summed E-state index contributed by atoms with van der Waals surface area (Å²) in [5.74, 6) is 1.29. The van der Waals surface area contributed by atoms with Gasteiger partial charge in [0.25, 0.3) is 0 Å². The second-order valence-electron chi connectivity index (χ2n) is 10.7. The monoisotopic (exact) mass is 462 g/mol. The quantitative estimate of drug-likeness (QED) is 0.584. The lowest BCUT2D eigenvalue weighted by Gasteiger charge is -2.33. The molecule has 0 unspecified atom stereocenters. The number of aliphatic hydroxyl groups excluding tert-OH is 1. The maximum absolute atomic E-state index is 13.1. The molecule has 1 heterocycles. The van der Waals surface area contributed by atoms with Gasteiger partial charge in [0, 0.05) is 24.4 Å². The van der Waals surface area contributed by atoms with E-state index in [4.69, 9.17) is 9.84 Å². The van der Waals surface area contributed by atoms with Crippen LogP contribution in [0.25, 0.3) is 0 Å². The van der Waals surface area contributed by atoms with E-state index in [1.165, 1.54) is 36.8 Å². The summed E-state index contributed by atoms with van der Waals surface area (Å²) in [4.78, 5) is 15.6. The van der Waals surface area contributed by atoms with E-state index in [1.807, 2.05) is 12.1 Å². The number of hydrogen-bond donors (Lipinski definition) is 2. The number of ether oxygens (including phenoxy) is 1. The first-order valence-electron chi connectivity index (χ1n) is 13.0. The minimum Gasteiger partial charge on any atom is -0.491 e. The van der Waals surface area contributed by atoms with Crippen molar-refractivity contribution in [1.29, 1.82) is 0 Å². The van der Waals surface area contributed by atoms with Crippen molar-refractivity contribution in [3.8, 4) is 5.75 Å². The average molecular weight is 463 g/mol. The van der Waals surface area contributed by atoms with Crippen molar-refractivity contribution in [1.82, 2.24) is 10.2 Å². The molecule has 2 saturated carbocycles. The highest BCUT2D eigenvalue weighted by atomic mass is 16.5. The fourth-order valence-electron chi connectivity index (χ4n) is 6.33. The molecular formula is C29H38N2O3. The Bertz CT molecular complexity index is 945. The van der Waals surface area contributed by atoms with Crippen LogP contribution in [0.15, 0.2) is 54.6 Å². The minimum atomic E-state index is 0.0319. The SMILES string of the molecule is O=C(NCC1(c2ccccc2)CCCC1)[C@H]1CC12CCN(Cc1ccc(OCCO)cc1)CC2. The molecule has 5 heteroatoms. The van der Waals surface area contributed by atoms with E-state index in [0.717, 1.165) is 51.2 Å². The van der Waals surface area contributed by atoms with Gasteiger partial charge in [0.1, 0.15) is 12.4 Å². The molecule has 1 saturated heterocycles. The van der Waals surface area contributed by atoms with Gasteiger partial charge >= 0.3 is 0 Å². The first-order chi connectivity index (χ1) is 16.6. The van der Waals surface area contributed by atoms with E-state index in [2.05, 4.69) is 52.7 Å². The molecule has 0 bridgehead atoms. The van der Waals surface area contributed by atoms with Gasteiger partial charge in [-0.05, 0) is 73.9 Å². The third kappa shape index (κ3) is 5.01. The molecule has 3 fully saturated rings. The number of carbonyl (C=O) groups excluding carboxylic acids is 1.